The van der Waals surface area contributed by atoms with Crippen LogP contribution in [0.3, 0.4) is 0 Å². The van der Waals surface area contributed by atoms with Crippen LogP contribution < -0.4 is 9.64 Å². The number of anilines is 1. The van der Waals surface area contributed by atoms with Crippen molar-refractivity contribution in [2.45, 2.75) is 76.1 Å². The summed E-state index contributed by atoms with van der Waals surface area (Å²) in [5.74, 6) is 0.832. The van der Waals surface area contributed by atoms with Crippen LogP contribution in [0.5, 0.6) is 6.01 Å². The molecule has 204 valence electrons. The number of piperazine rings is 1. The summed E-state index contributed by atoms with van der Waals surface area (Å²) in [6, 6.07) is 0.212. The van der Waals surface area contributed by atoms with Crippen LogP contribution in [0.1, 0.15) is 52.9 Å². The van der Waals surface area contributed by atoms with E-state index in [2.05, 4.69) is 19.8 Å². The number of halogens is 2. The van der Waals surface area contributed by atoms with Gasteiger partial charge in [-0.15, -0.1) is 0 Å². The van der Waals surface area contributed by atoms with Gasteiger partial charge in [-0.3, -0.25) is 9.80 Å². The van der Waals surface area contributed by atoms with Gasteiger partial charge in [0.2, 0.25) is 0 Å². The highest BCUT2D eigenvalue weighted by molar-refractivity contribution is 6.30. The Morgan fingerprint density at radius 2 is 1.84 bits per heavy atom. The van der Waals surface area contributed by atoms with Crippen LogP contribution in [0.4, 0.5) is 15.0 Å². The second-order valence-corrected chi connectivity index (χ2v) is 13.0. The second-order valence-electron chi connectivity index (χ2n) is 12.7. The number of rotatable bonds is 4. The van der Waals surface area contributed by atoms with Gasteiger partial charge in [-0.1, -0.05) is 11.6 Å². The van der Waals surface area contributed by atoms with Gasteiger partial charge < -0.3 is 14.4 Å². The number of fused-ring (bicyclic) bond motifs is 7. The summed E-state index contributed by atoms with van der Waals surface area (Å²) in [6.07, 6.45) is 6.93. The standard InChI is InChI=1S/C27H34ClFN6O3/c1-26(2,3)38-25(36)35-18-12-33(13-19(35)16-10-15(16)18)23-17-11-30-22(28)20(29)21(17)31-24(32-23)37-14-27-6-4-8-34(27)9-5-7-27/h11,15-16,18-19H,4-10,12-14H2,1-3H3. The van der Waals surface area contributed by atoms with Crippen molar-refractivity contribution >= 4 is 34.4 Å². The van der Waals surface area contributed by atoms with Crippen LogP contribution in [0.2, 0.25) is 5.15 Å². The summed E-state index contributed by atoms with van der Waals surface area (Å²) in [5.41, 5.74) is -0.417. The number of carbonyl (C=O) groups excluding carboxylic acids is 1. The molecular weight excluding hydrogens is 511 g/mol. The maximum absolute atomic E-state index is 15.2. The molecule has 2 aromatic rings. The van der Waals surface area contributed by atoms with Crippen molar-refractivity contribution in [1.82, 2.24) is 24.8 Å². The molecule has 6 heterocycles. The quantitative estimate of drug-likeness (QED) is 0.528. The predicted molar refractivity (Wildman–Crippen MR) is 140 cm³/mol. The molecule has 2 bridgehead atoms. The van der Waals surface area contributed by atoms with E-state index in [0.717, 1.165) is 45.2 Å². The summed E-state index contributed by atoms with van der Waals surface area (Å²) in [5, 5.41) is 0.278. The van der Waals surface area contributed by atoms with E-state index in [0.29, 0.717) is 42.7 Å². The van der Waals surface area contributed by atoms with Crippen LogP contribution in [0, 0.1) is 17.7 Å². The molecule has 4 atom stereocenters. The van der Waals surface area contributed by atoms with Crippen molar-refractivity contribution < 1.29 is 18.7 Å². The first-order valence-electron chi connectivity index (χ1n) is 13.8. The lowest BCUT2D eigenvalue weighted by molar-refractivity contribution is 0.00676. The molecule has 0 N–H and O–H groups in total. The number of amides is 1. The summed E-state index contributed by atoms with van der Waals surface area (Å²) in [4.78, 5) is 33.0. The van der Waals surface area contributed by atoms with Crippen molar-refractivity contribution in [2.24, 2.45) is 11.8 Å². The van der Waals surface area contributed by atoms with Crippen molar-refractivity contribution in [3.05, 3.63) is 17.2 Å². The number of carbonyl (C=O) groups is 1. The molecule has 11 heteroatoms. The molecule has 7 rings (SSSR count). The Morgan fingerprint density at radius 1 is 1.16 bits per heavy atom. The Morgan fingerprint density at radius 3 is 2.50 bits per heavy atom. The lowest BCUT2D eigenvalue weighted by atomic mass is 9.95. The van der Waals surface area contributed by atoms with Crippen LogP contribution in [0.15, 0.2) is 6.20 Å². The van der Waals surface area contributed by atoms with Gasteiger partial charge >= 0.3 is 12.1 Å². The lowest BCUT2D eigenvalue weighted by Crippen LogP contribution is -2.59. The van der Waals surface area contributed by atoms with Gasteiger partial charge in [0.1, 0.15) is 23.5 Å². The lowest BCUT2D eigenvalue weighted by Gasteiger charge is -2.44. The molecule has 1 saturated carbocycles. The van der Waals surface area contributed by atoms with Crippen LogP contribution in [-0.4, -0.2) is 86.9 Å². The Balaban J connectivity index is 1.20. The molecule has 4 saturated heterocycles. The van der Waals surface area contributed by atoms with Crippen LogP contribution in [0.25, 0.3) is 10.9 Å². The third-order valence-electron chi connectivity index (χ3n) is 9.20. The molecule has 5 fully saturated rings. The number of hydrogen-bond donors (Lipinski definition) is 0. The Kier molecular flexibility index (Phi) is 5.51. The van der Waals surface area contributed by atoms with Crippen molar-refractivity contribution in [3.63, 3.8) is 0 Å². The van der Waals surface area contributed by atoms with E-state index in [9.17, 15) is 4.79 Å². The largest absolute Gasteiger partial charge is 0.461 e. The highest BCUT2D eigenvalue weighted by atomic mass is 35.5. The topological polar surface area (TPSA) is 83.9 Å². The van der Waals surface area contributed by atoms with Crippen molar-refractivity contribution in [2.75, 3.05) is 37.7 Å². The number of aromatic nitrogens is 3. The normalized spacial score (nSPS) is 29.5. The second kappa shape index (κ2) is 8.52. The maximum atomic E-state index is 15.2. The number of ether oxygens (including phenoxy) is 2. The van der Waals surface area contributed by atoms with Crippen molar-refractivity contribution in [3.8, 4) is 6.01 Å². The molecule has 4 unspecified atom stereocenters. The molecule has 4 aliphatic heterocycles. The van der Waals surface area contributed by atoms with Gasteiger partial charge in [-0.25, -0.2) is 14.2 Å². The molecule has 9 nitrogen and oxygen atoms in total. The number of pyridine rings is 1. The first-order valence-corrected chi connectivity index (χ1v) is 14.2. The van der Waals surface area contributed by atoms with E-state index in [1.165, 1.54) is 6.20 Å². The number of nitrogens with zero attached hydrogens (tertiary/aromatic N) is 6. The number of hydrogen-bond acceptors (Lipinski definition) is 8. The zero-order chi connectivity index (χ0) is 26.4. The third-order valence-corrected chi connectivity index (χ3v) is 9.46. The first-order chi connectivity index (χ1) is 18.1. The molecule has 0 aromatic carbocycles. The maximum Gasteiger partial charge on any atom is 0.410 e. The van der Waals surface area contributed by atoms with E-state index < -0.39 is 11.4 Å². The van der Waals surface area contributed by atoms with Gasteiger partial charge in [0.15, 0.2) is 11.0 Å². The summed E-state index contributed by atoms with van der Waals surface area (Å²) < 4.78 is 27.2. The Labute approximate surface area is 226 Å². The molecule has 0 radical (unpaired) electrons. The fourth-order valence-electron chi connectivity index (χ4n) is 7.48. The summed E-state index contributed by atoms with van der Waals surface area (Å²) in [6.45, 7) is 9.52. The highest BCUT2D eigenvalue weighted by Crippen LogP contribution is 2.56. The molecule has 1 amide bonds. The zero-order valence-corrected chi connectivity index (χ0v) is 22.9. The van der Waals surface area contributed by atoms with E-state index >= 15 is 4.39 Å². The number of piperidine rings is 1. The fraction of sp³-hybridized carbons (Fsp3) is 0.704. The van der Waals surface area contributed by atoms with E-state index in [1.54, 1.807) is 0 Å². The molecule has 0 spiro atoms. The Hall–Kier alpha value is -2.46. The molecule has 1 aliphatic carbocycles. The molecule has 5 aliphatic rings. The predicted octanol–water partition coefficient (Wildman–Crippen LogP) is 4.27. The van der Waals surface area contributed by atoms with Gasteiger partial charge in [-0.05, 0) is 77.8 Å². The minimum atomic E-state index is -0.669. The minimum absolute atomic E-state index is 0.0202. The highest BCUT2D eigenvalue weighted by Gasteiger charge is 2.63. The smallest absolute Gasteiger partial charge is 0.410 e. The minimum Gasteiger partial charge on any atom is -0.461 e. The van der Waals surface area contributed by atoms with Crippen LogP contribution >= 0.6 is 11.6 Å². The third kappa shape index (κ3) is 3.89. The van der Waals surface area contributed by atoms with Gasteiger partial charge in [0, 0.05) is 19.3 Å². The van der Waals surface area contributed by atoms with Gasteiger partial charge in [0.05, 0.1) is 23.0 Å². The summed E-state index contributed by atoms with van der Waals surface area (Å²) >= 11 is 6.05. The van der Waals surface area contributed by atoms with E-state index in [-0.39, 0.29) is 40.4 Å². The zero-order valence-electron chi connectivity index (χ0n) is 22.1. The molecule has 2 aromatic heterocycles. The van der Waals surface area contributed by atoms with Crippen molar-refractivity contribution in [1.29, 1.82) is 0 Å². The first kappa shape index (κ1) is 24.6. The van der Waals surface area contributed by atoms with Gasteiger partial charge in [-0.2, -0.15) is 9.97 Å². The average Bonchev–Trinajstić information content (AvgIpc) is 3.34. The van der Waals surface area contributed by atoms with Crippen LogP contribution in [-0.2, 0) is 4.74 Å². The molecular formula is C27H34ClFN6O3. The Bertz CT molecular complexity index is 1280. The summed E-state index contributed by atoms with van der Waals surface area (Å²) in [7, 11) is 0. The SMILES string of the molecule is CC(C)(C)OC(=O)N1C2CN(c3nc(OCC45CCCN4CCC5)nc4c(F)c(Cl)ncc34)CC1C1CC12. The van der Waals surface area contributed by atoms with Gasteiger partial charge in [0.25, 0.3) is 0 Å². The van der Waals surface area contributed by atoms with E-state index in [4.69, 9.17) is 26.1 Å². The fourth-order valence-corrected chi connectivity index (χ4v) is 7.61. The molecule has 38 heavy (non-hydrogen) atoms. The monoisotopic (exact) mass is 544 g/mol. The van der Waals surface area contributed by atoms with E-state index in [1.807, 2.05) is 25.7 Å². The average molecular weight is 545 g/mol.